The first kappa shape index (κ1) is 13.5. The molecule has 0 atom stereocenters. The topological polar surface area (TPSA) is 63.5 Å². The van der Waals surface area contributed by atoms with Crippen LogP contribution in [0.25, 0.3) is 0 Å². The Morgan fingerprint density at radius 1 is 1.53 bits per heavy atom. The van der Waals surface area contributed by atoms with Gasteiger partial charge in [-0.15, -0.1) is 0 Å². The lowest BCUT2D eigenvalue weighted by Crippen LogP contribution is -2.38. The summed E-state index contributed by atoms with van der Waals surface area (Å²) in [5.41, 5.74) is 1.11. The van der Waals surface area contributed by atoms with Gasteiger partial charge in [-0.1, -0.05) is 0 Å². The molecule has 0 saturated carbocycles. The average molecular weight is 239 g/mol. The summed E-state index contributed by atoms with van der Waals surface area (Å²) in [5, 5.41) is 10.5. The first-order valence-corrected chi connectivity index (χ1v) is 5.77. The van der Waals surface area contributed by atoms with E-state index in [1.165, 1.54) is 0 Å². The fourth-order valence-corrected chi connectivity index (χ4v) is 1.36. The van der Waals surface area contributed by atoms with Gasteiger partial charge < -0.3 is 15.4 Å². The van der Waals surface area contributed by atoms with E-state index in [2.05, 4.69) is 20.7 Å². The highest BCUT2D eigenvalue weighted by molar-refractivity contribution is 5.79. The molecule has 0 amide bonds. The third-order valence-corrected chi connectivity index (χ3v) is 2.33. The van der Waals surface area contributed by atoms with Gasteiger partial charge in [0.05, 0.1) is 18.8 Å². The molecule has 96 valence electrons. The molecular weight excluding hydrogens is 218 g/mol. The molecule has 6 nitrogen and oxygen atoms in total. The predicted molar refractivity (Wildman–Crippen MR) is 67.9 cm³/mol. The molecule has 0 aliphatic carbocycles. The van der Waals surface area contributed by atoms with Crippen LogP contribution in [-0.2, 0) is 18.3 Å². The summed E-state index contributed by atoms with van der Waals surface area (Å²) >= 11 is 0. The number of hydrogen-bond donors (Lipinski definition) is 2. The van der Waals surface area contributed by atoms with Crippen LogP contribution >= 0.6 is 0 Å². The number of aliphatic imine (C=N–C) groups is 1. The fourth-order valence-electron chi connectivity index (χ4n) is 1.36. The summed E-state index contributed by atoms with van der Waals surface area (Å²) in [7, 11) is 3.67. The molecule has 17 heavy (non-hydrogen) atoms. The highest BCUT2D eigenvalue weighted by Crippen LogP contribution is 1.94. The normalized spacial score (nSPS) is 11.6. The number of rotatable bonds is 6. The third kappa shape index (κ3) is 4.86. The Kier molecular flexibility index (Phi) is 6.09. The van der Waals surface area contributed by atoms with E-state index < -0.39 is 0 Å². The fraction of sp³-hybridized carbons (Fsp3) is 0.636. The molecule has 2 N–H and O–H groups in total. The van der Waals surface area contributed by atoms with Crippen molar-refractivity contribution < 1.29 is 4.74 Å². The van der Waals surface area contributed by atoms with Crippen LogP contribution in [-0.4, -0.2) is 42.5 Å². The van der Waals surface area contributed by atoms with Crippen molar-refractivity contribution in [2.24, 2.45) is 12.0 Å². The number of aromatic nitrogens is 2. The molecule has 0 fully saturated rings. The Morgan fingerprint density at radius 3 is 2.94 bits per heavy atom. The smallest absolute Gasteiger partial charge is 0.191 e. The molecule has 1 aromatic heterocycles. The monoisotopic (exact) mass is 239 g/mol. The van der Waals surface area contributed by atoms with Crippen molar-refractivity contribution in [3.63, 3.8) is 0 Å². The predicted octanol–water partition coefficient (Wildman–Crippen LogP) is 0.122. The molecule has 0 aliphatic rings. The number of nitrogens with one attached hydrogen (secondary N) is 2. The van der Waals surface area contributed by atoms with Crippen molar-refractivity contribution in [1.29, 1.82) is 0 Å². The van der Waals surface area contributed by atoms with E-state index in [-0.39, 0.29) is 0 Å². The Labute approximate surface area is 102 Å². The zero-order chi connectivity index (χ0) is 12.5. The summed E-state index contributed by atoms with van der Waals surface area (Å²) in [4.78, 5) is 4.12. The quantitative estimate of drug-likeness (QED) is 0.420. The molecule has 6 heteroatoms. The molecule has 1 rings (SSSR count). The van der Waals surface area contributed by atoms with Gasteiger partial charge in [0, 0.05) is 33.4 Å². The number of aryl methyl sites for hydroxylation is 1. The number of nitrogens with zero attached hydrogens (tertiary/aromatic N) is 3. The van der Waals surface area contributed by atoms with Crippen molar-refractivity contribution in [3.8, 4) is 0 Å². The zero-order valence-electron chi connectivity index (χ0n) is 10.7. The summed E-state index contributed by atoms with van der Waals surface area (Å²) in [6.45, 7) is 4.85. The van der Waals surface area contributed by atoms with Crippen molar-refractivity contribution in [2.45, 2.75) is 13.5 Å². The molecule has 0 spiro atoms. The molecule has 0 aromatic carbocycles. The summed E-state index contributed by atoms with van der Waals surface area (Å²) in [5.74, 6) is 0.769. The number of guanidine groups is 1. The molecule has 0 saturated heterocycles. The van der Waals surface area contributed by atoms with Gasteiger partial charge in [0.15, 0.2) is 5.96 Å². The Bertz CT molecular complexity index is 347. The van der Waals surface area contributed by atoms with Crippen molar-refractivity contribution in [1.82, 2.24) is 20.4 Å². The van der Waals surface area contributed by atoms with Gasteiger partial charge in [-0.25, -0.2) is 0 Å². The molecule has 1 aromatic rings. The highest BCUT2D eigenvalue weighted by atomic mass is 16.5. The minimum Gasteiger partial charge on any atom is -0.380 e. The van der Waals surface area contributed by atoms with Gasteiger partial charge in [0.1, 0.15) is 0 Å². The van der Waals surface area contributed by atoms with Crippen LogP contribution in [0.1, 0.15) is 12.6 Å². The lowest BCUT2D eigenvalue weighted by molar-refractivity contribution is 0.152. The van der Waals surface area contributed by atoms with Gasteiger partial charge in [0.25, 0.3) is 0 Å². The van der Waals surface area contributed by atoms with E-state index in [0.717, 1.165) is 24.8 Å². The van der Waals surface area contributed by atoms with E-state index in [1.54, 1.807) is 13.2 Å². The molecule has 1 heterocycles. The van der Waals surface area contributed by atoms with Crippen molar-refractivity contribution in [2.75, 3.05) is 26.8 Å². The second-order valence-electron chi connectivity index (χ2n) is 3.50. The Morgan fingerprint density at radius 2 is 2.35 bits per heavy atom. The van der Waals surface area contributed by atoms with Gasteiger partial charge in [-0.05, 0) is 13.0 Å². The average Bonchev–Trinajstić information content (AvgIpc) is 2.74. The van der Waals surface area contributed by atoms with Crippen LogP contribution in [0.4, 0.5) is 0 Å². The standard InChI is InChI=1S/C11H21N5O/c1-4-17-8-7-13-11(12-2)14-9-10-5-6-15-16(10)3/h5-6H,4,7-9H2,1-3H3,(H2,12,13,14). The van der Waals surface area contributed by atoms with E-state index >= 15 is 0 Å². The maximum Gasteiger partial charge on any atom is 0.191 e. The van der Waals surface area contributed by atoms with Gasteiger partial charge >= 0.3 is 0 Å². The zero-order valence-corrected chi connectivity index (χ0v) is 10.7. The van der Waals surface area contributed by atoms with Crippen molar-refractivity contribution >= 4 is 5.96 Å². The SMILES string of the molecule is CCOCCNC(=NC)NCc1ccnn1C. The maximum atomic E-state index is 5.24. The van der Waals surface area contributed by atoms with Crippen LogP contribution in [0.2, 0.25) is 0 Å². The van der Waals surface area contributed by atoms with Crippen LogP contribution in [0.5, 0.6) is 0 Å². The van der Waals surface area contributed by atoms with Crippen LogP contribution < -0.4 is 10.6 Å². The van der Waals surface area contributed by atoms with E-state index in [0.29, 0.717) is 13.2 Å². The summed E-state index contributed by atoms with van der Waals surface area (Å²) < 4.78 is 7.07. The Hall–Kier alpha value is -1.56. The largest absolute Gasteiger partial charge is 0.380 e. The van der Waals surface area contributed by atoms with Crippen LogP contribution in [0.3, 0.4) is 0 Å². The number of hydrogen-bond acceptors (Lipinski definition) is 3. The van der Waals surface area contributed by atoms with Crippen molar-refractivity contribution in [3.05, 3.63) is 18.0 Å². The molecule has 0 aliphatic heterocycles. The van der Waals surface area contributed by atoms with E-state index in [9.17, 15) is 0 Å². The second kappa shape index (κ2) is 7.67. The van der Waals surface area contributed by atoms with Crippen LogP contribution in [0.15, 0.2) is 17.3 Å². The summed E-state index contributed by atoms with van der Waals surface area (Å²) in [6.07, 6.45) is 1.78. The third-order valence-electron chi connectivity index (χ3n) is 2.33. The Balaban J connectivity index is 2.26. The highest BCUT2D eigenvalue weighted by Gasteiger charge is 2.00. The minimum absolute atomic E-state index is 0.683. The van der Waals surface area contributed by atoms with Crippen LogP contribution in [0, 0.1) is 0 Å². The van der Waals surface area contributed by atoms with E-state index in [4.69, 9.17) is 4.74 Å². The summed E-state index contributed by atoms with van der Waals surface area (Å²) in [6, 6.07) is 1.97. The molecule has 0 unspecified atom stereocenters. The van der Waals surface area contributed by atoms with Gasteiger partial charge in [-0.3, -0.25) is 9.67 Å². The van der Waals surface area contributed by atoms with Gasteiger partial charge in [-0.2, -0.15) is 5.10 Å². The minimum atomic E-state index is 0.683. The molecular formula is C11H21N5O. The first-order valence-electron chi connectivity index (χ1n) is 5.77. The maximum absolute atomic E-state index is 5.24. The lowest BCUT2D eigenvalue weighted by atomic mass is 10.4. The van der Waals surface area contributed by atoms with E-state index in [1.807, 2.05) is 24.7 Å². The van der Waals surface area contributed by atoms with Gasteiger partial charge in [0.2, 0.25) is 0 Å². The second-order valence-corrected chi connectivity index (χ2v) is 3.50. The lowest BCUT2D eigenvalue weighted by Gasteiger charge is -2.11. The molecule has 0 bridgehead atoms. The number of ether oxygens (including phenoxy) is 1. The molecule has 0 radical (unpaired) electrons. The first-order chi connectivity index (χ1) is 8.27.